The molecular weight excluding hydrogens is 226 g/mol. The number of ether oxygens (including phenoxy) is 1. The second-order valence-electron chi connectivity index (χ2n) is 4.90. The van der Waals surface area contributed by atoms with E-state index in [9.17, 15) is 0 Å². The van der Waals surface area contributed by atoms with Crippen LogP contribution >= 0.6 is 0 Å². The lowest BCUT2D eigenvalue weighted by molar-refractivity contribution is 0.187. The van der Waals surface area contributed by atoms with Crippen LogP contribution in [0.3, 0.4) is 0 Å². The molecule has 2 atom stereocenters. The number of benzene rings is 1. The molecule has 1 aromatic carbocycles. The highest BCUT2D eigenvalue weighted by atomic mass is 16.5. The van der Waals surface area contributed by atoms with Crippen molar-refractivity contribution in [2.45, 2.75) is 25.8 Å². The molecule has 0 amide bonds. The molecule has 96 valence electrons. The first-order valence-electron chi connectivity index (χ1n) is 6.56. The van der Waals surface area contributed by atoms with E-state index in [1.807, 2.05) is 0 Å². The monoisotopic (exact) mass is 245 g/mol. The summed E-state index contributed by atoms with van der Waals surface area (Å²) in [5.74, 6) is 1.37. The molecule has 4 heteroatoms. The SMILES string of the molecule is CCNC1COCC1c1nc2c(C)cccc2[nH]1. The van der Waals surface area contributed by atoms with Gasteiger partial charge in [-0.25, -0.2) is 4.98 Å². The van der Waals surface area contributed by atoms with Crippen LogP contribution in [0.1, 0.15) is 24.2 Å². The van der Waals surface area contributed by atoms with Crippen LogP contribution in [-0.4, -0.2) is 35.8 Å². The fourth-order valence-corrected chi connectivity index (χ4v) is 2.66. The summed E-state index contributed by atoms with van der Waals surface area (Å²) in [6.07, 6.45) is 0. The van der Waals surface area contributed by atoms with Gasteiger partial charge in [-0.05, 0) is 25.1 Å². The summed E-state index contributed by atoms with van der Waals surface area (Å²) in [7, 11) is 0. The third-order valence-corrected chi connectivity index (χ3v) is 3.63. The zero-order valence-corrected chi connectivity index (χ0v) is 10.9. The molecule has 0 aliphatic carbocycles. The van der Waals surface area contributed by atoms with Crippen LogP contribution in [-0.2, 0) is 4.74 Å². The first-order chi connectivity index (χ1) is 8.79. The number of rotatable bonds is 3. The average molecular weight is 245 g/mol. The second-order valence-corrected chi connectivity index (χ2v) is 4.90. The van der Waals surface area contributed by atoms with E-state index in [0.29, 0.717) is 12.0 Å². The third kappa shape index (κ3) is 1.91. The van der Waals surface area contributed by atoms with E-state index in [1.54, 1.807) is 0 Å². The molecule has 18 heavy (non-hydrogen) atoms. The van der Waals surface area contributed by atoms with Gasteiger partial charge in [0.15, 0.2) is 0 Å². The Morgan fingerprint density at radius 1 is 1.44 bits per heavy atom. The fourth-order valence-electron chi connectivity index (χ4n) is 2.66. The lowest BCUT2D eigenvalue weighted by atomic mass is 10.0. The summed E-state index contributed by atoms with van der Waals surface area (Å²) >= 11 is 0. The molecule has 1 aromatic heterocycles. The van der Waals surface area contributed by atoms with Crippen molar-refractivity contribution >= 4 is 11.0 Å². The van der Waals surface area contributed by atoms with Crippen LogP contribution in [0.2, 0.25) is 0 Å². The van der Waals surface area contributed by atoms with Crippen molar-refractivity contribution in [3.63, 3.8) is 0 Å². The first-order valence-corrected chi connectivity index (χ1v) is 6.56. The van der Waals surface area contributed by atoms with Crippen molar-refractivity contribution in [3.8, 4) is 0 Å². The highest BCUT2D eigenvalue weighted by molar-refractivity contribution is 5.78. The van der Waals surface area contributed by atoms with Crippen LogP contribution in [0.15, 0.2) is 18.2 Å². The number of para-hydroxylation sites is 1. The molecule has 2 aromatic rings. The lowest BCUT2D eigenvalue weighted by Crippen LogP contribution is -2.34. The Labute approximate surface area is 107 Å². The summed E-state index contributed by atoms with van der Waals surface area (Å²) in [4.78, 5) is 8.19. The Kier molecular flexibility index (Phi) is 3.06. The van der Waals surface area contributed by atoms with E-state index in [0.717, 1.165) is 36.6 Å². The maximum Gasteiger partial charge on any atom is 0.114 e. The molecule has 2 N–H and O–H groups in total. The summed E-state index contributed by atoms with van der Waals surface area (Å²) in [6.45, 7) is 6.70. The Bertz CT molecular complexity index is 549. The quantitative estimate of drug-likeness (QED) is 0.869. The number of likely N-dealkylation sites (N-methyl/N-ethyl adjacent to an activating group) is 1. The number of H-pyrrole nitrogens is 1. The highest BCUT2D eigenvalue weighted by Gasteiger charge is 2.31. The summed E-state index contributed by atoms with van der Waals surface area (Å²) in [5, 5.41) is 3.47. The van der Waals surface area contributed by atoms with Crippen molar-refractivity contribution in [1.29, 1.82) is 0 Å². The van der Waals surface area contributed by atoms with E-state index in [2.05, 4.69) is 42.3 Å². The molecule has 1 aliphatic rings. The molecule has 4 nitrogen and oxygen atoms in total. The number of hydrogen-bond acceptors (Lipinski definition) is 3. The van der Waals surface area contributed by atoms with E-state index in [1.165, 1.54) is 5.56 Å². The van der Waals surface area contributed by atoms with Crippen molar-refractivity contribution in [3.05, 3.63) is 29.6 Å². The molecule has 1 aliphatic heterocycles. The van der Waals surface area contributed by atoms with Gasteiger partial charge in [-0.2, -0.15) is 0 Å². The van der Waals surface area contributed by atoms with Crippen molar-refractivity contribution in [1.82, 2.24) is 15.3 Å². The smallest absolute Gasteiger partial charge is 0.114 e. The first kappa shape index (κ1) is 11.7. The van der Waals surface area contributed by atoms with E-state index < -0.39 is 0 Å². The van der Waals surface area contributed by atoms with E-state index >= 15 is 0 Å². The Balaban J connectivity index is 1.96. The van der Waals surface area contributed by atoms with Crippen molar-refractivity contribution < 1.29 is 4.74 Å². The third-order valence-electron chi connectivity index (χ3n) is 3.63. The topological polar surface area (TPSA) is 49.9 Å². The summed E-state index contributed by atoms with van der Waals surface area (Å²) in [5.41, 5.74) is 3.41. The maximum absolute atomic E-state index is 5.58. The van der Waals surface area contributed by atoms with E-state index in [4.69, 9.17) is 9.72 Å². The van der Waals surface area contributed by atoms with Gasteiger partial charge in [-0.1, -0.05) is 19.1 Å². The standard InChI is InChI=1S/C14H19N3O/c1-3-15-12-8-18-7-10(12)14-16-11-6-4-5-9(2)13(11)17-14/h4-6,10,12,15H,3,7-8H2,1-2H3,(H,16,17). The number of fused-ring (bicyclic) bond motifs is 1. The highest BCUT2D eigenvalue weighted by Crippen LogP contribution is 2.26. The van der Waals surface area contributed by atoms with Gasteiger partial charge in [-0.15, -0.1) is 0 Å². The van der Waals surface area contributed by atoms with Gasteiger partial charge in [0.2, 0.25) is 0 Å². The Morgan fingerprint density at radius 2 is 2.33 bits per heavy atom. The average Bonchev–Trinajstić information content (AvgIpc) is 2.95. The normalized spacial score (nSPS) is 23.9. The van der Waals surface area contributed by atoms with Crippen LogP contribution in [0.5, 0.6) is 0 Å². The van der Waals surface area contributed by atoms with Gasteiger partial charge in [0.1, 0.15) is 5.82 Å². The minimum atomic E-state index is 0.330. The predicted octanol–water partition coefficient (Wildman–Crippen LogP) is 1.96. The van der Waals surface area contributed by atoms with E-state index in [-0.39, 0.29) is 0 Å². The molecule has 3 rings (SSSR count). The molecule has 0 radical (unpaired) electrons. The number of imidazole rings is 1. The zero-order chi connectivity index (χ0) is 12.5. The molecule has 1 saturated heterocycles. The molecule has 0 saturated carbocycles. The van der Waals surface area contributed by atoms with Gasteiger partial charge >= 0.3 is 0 Å². The molecular formula is C14H19N3O. The summed E-state index contributed by atoms with van der Waals surface area (Å²) < 4.78 is 5.58. The minimum Gasteiger partial charge on any atom is -0.379 e. The van der Waals surface area contributed by atoms with Gasteiger partial charge in [0, 0.05) is 6.04 Å². The molecule has 0 bridgehead atoms. The Morgan fingerprint density at radius 3 is 3.11 bits per heavy atom. The molecule has 2 heterocycles. The lowest BCUT2D eigenvalue weighted by Gasteiger charge is -2.15. The Hall–Kier alpha value is -1.39. The number of nitrogens with one attached hydrogen (secondary N) is 2. The van der Waals surface area contributed by atoms with Gasteiger partial charge in [0.05, 0.1) is 30.2 Å². The second kappa shape index (κ2) is 4.71. The predicted molar refractivity (Wildman–Crippen MR) is 71.9 cm³/mol. The molecule has 1 fully saturated rings. The van der Waals surface area contributed by atoms with Crippen LogP contribution in [0.4, 0.5) is 0 Å². The zero-order valence-electron chi connectivity index (χ0n) is 10.9. The minimum absolute atomic E-state index is 0.330. The van der Waals surface area contributed by atoms with Gasteiger partial charge in [-0.3, -0.25) is 0 Å². The number of aromatic amines is 1. The van der Waals surface area contributed by atoms with Crippen LogP contribution in [0, 0.1) is 6.92 Å². The molecule has 2 unspecified atom stereocenters. The number of aryl methyl sites for hydroxylation is 1. The van der Waals surface area contributed by atoms with Crippen LogP contribution < -0.4 is 5.32 Å². The summed E-state index contributed by atoms with van der Waals surface area (Å²) in [6, 6.07) is 6.61. The maximum atomic E-state index is 5.58. The number of aromatic nitrogens is 2. The number of nitrogens with zero attached hydrogens (tertiary/aromatic N) is 1. The van der Waals surface area contributed by atoms with Crippen molar-refractivity contribution in [2.24, 2.45) is 0 Å². The van der Waals surface area contributed by atoms with Gasteiger partial charge in [0.25, 0.3) is 0 Å². The number of hydrogen-bond donors (Lipinski definition) is 2. The largest absolute Gasteiger partial charge is 0.379 e. The van der Waals surface area contributed by atoms with Gasteiger partial charge < -0.3 is 15.0 Å². The van der Waals surface area contributed by atoms with Crippen molar-refractivity contribution in [2.75, 3.05) is 19.8 Å². The fraction of sp³-hybridized carbons (Fsp3) is 0.500. The van der Waals surface area contributed by atoms with Crippen LogP contribution in [0.25, 0.3) is 11.0 Å². The molecule has 0 spiro atoms.